The van der Waals surface area contributed by atoms with Gasteiger partial charge in [0.2, 0.25) is 10.0 Å². The summed E-state index contributed by atoms with van der Waals surface area (Å²) >= 11 is 6.42. The molecule has 0 bridgehead atoms. The summed E-state index contributed by atoms with van der Waals surface area (Å²) in [7, 11) is -3.96. The van der Waals surface area contributed by atoms with E-state index in [-0.39, 0.29) is 21.3 Å². The van der Waals surface area contributed by atoms with Crippen molar-refractivity contribution in [1.29, 1.82) is 0 Å². The molecule has 3 aromatic rings. The average Bonchev–Trinajstić information content (AvgIpc) is 2.79. The van der Waals surface area contributed by atoms with Gasteiger partial charge >= 0.3 is 11.6 Å². The second kappa shape index (κ2) is 9.52. The van der Waals surface area contributed by atoms with E-state index in [4.69, 9.17) is 20.8 Å². The van der Waals surface area contributed by atoms with Gasteiger partial charge in [-0.25, -0.2) is 18.0 Å². The summed E-state index contributed by atoms with van der Waals surface area (Å²) in [5.74, 6) is -1.22. The minimum Gasteiger partial charge on any atom is -0.424 e. The van der Waals surface area contributed by atoms with Gasteiger partial charge in [-0.1, -0.05) is 43.1 Å². The monoisotopic (exact) mass is 503 g/mol. The summed E-state index contributed by atoms with van der Waals surface area (Å²) in [5, 5.41) is 0.894. The zero-order valence-electron chi connectivity index (χ0n) is 19.2. The number of benzene rings is 2. The van der Waals surface area contributed by atoms with Crippen molar-refractivity contribution >= 4 is 38.6 Å². The van der Waals surface area contributed by atoms with Gasteiger partial charge in [0.05, 0.1) is 9.92 Å². The number of esters is 1. The van der Waals surface area contributed by atoms with E-state index in [2.05, 4.69) is 4.72 Å². The van der Waals surface area contributed by atoms with E-state index in [1.165, 1.54) is 18.2 Å². The van der Waals surface area contributed by atoms with Crippen molar-refractivity contribution in [2.75, 3.05) is 0 Å². The van der Waals surface area contributed by atoms with Crippen molar-refractivity contribution in [3.63, 3.8) is 0 Å². The van der Waals surface area contributed by atoms with E-state index in [9.17, 15) is 18.0 Å². The highest BCUT2D eigenvalue weighted by Crippen LogP contribution is 2.34. The van der Waals surface area contributed by atoms with Crippen LogP contribution in [0.4, 0.5) is 0 Å². The molecular weight excluding hydrogens is 478 g/mol. The van der Waals surface area contributed by atoms with Crippen LogP contribution in [-0.2, 0) is 27.7 Å². The predicted octanol–water partition coefficient (Wildman–Crippen LogP) is 4.54. The van der Waals surface area contributed by atoms with Crippen LogP contribution in [0.3, 0.4) is 0 Å². The SMILES string of the molecule is Cc1ccc(S(=O)(=O)NC(C(=O)Oc2cc3oc(=O)c4c(c3cc2Cl)CCCC4)C(C)C)cc1. The molecule has 34 heavy (non-hydrogen) atoms. The Morgan fingerprint density at radius 2 is 1.74 bits per heavy atom. The van der Waals surface area contributed by atoms with E-state index >= 15 is 0 Å². The molecule has 1 aliphatic carbocycles. The molecule has 1 atom stereocenters. The van der Waals surface area contributed by atoms with Gasteiger partial charge in [-0.2, -0.15) is 4.72 Å². The minimum absolute atomic E-state index is 0.00161. The van der Waals surface area contributed by atoms with Gasteiger partial charge in [0.25, 0.3) is 0 Å². The van der Waals surface area contributed by atoms with Crippen LogP contribution < -0.4 is 15.1 Å². The van der Waals surface area contributed by atoms with E-state index < -0.39 is 33.6 Å². The molecule has 1 aliphatic rings. The van der Waals surface area contributed by atoms with Crippen molar-refractivity contribution < 1.29 is 22.4 Å². The number of rotatable bonds is 6. The van der Waals surface area contributed by atoms with Crippen LogP contribution in [0.25, 0.3) is 11.0 Å². The molecule has 0 fully saturated rings. The first kappa shape index (κ1) is 24.4. The first-order chi connectivity index (χ1) is 16.1. The number of nitrogens with one attached hydrogen (secondary N) is 1. The lowest BCUT2D eigenvalue weighted by atomic mass is 9.90. The molecule has 1 heterocycles. The molecule has 0 saturated heterocycles. The maximum atomic E-state index is 13.0. The molecule has 0 radical (unpaired) electrons. The summed E-state index contributed by atoms with van der Waals surface area (Å²) in [6.45, 7) is 5.26. The molecule has 7 nitrogen and oxygen atoms in total. The zero-order chi connectivity index (χ0) is 24.6. The van der Waals surface area contributed by atoms with Crippen molar-refractivity contribution in [2.24, 2.45) is 5.92 Å². The molecule has 180 valence electrons. The largest absolute Gasteiger partial charge is 0.424 e. The van der Waals surface area contributed by atoms with Gasteiger partial charge in [-0.05, 0) is 62.3 Å². The molecule has 0 saturated carbocycles. The van der Waals surface area contributed by atoms with Crippen LogP contribution >= 0.6 is 11.6 Å². The number of hydrogen-bond acceptors (Lipinski definition) is 6. The van der Waals surface area contributed by atoms with Gasteiger partial charge in [-0.3, -0.25) is 0 Å². The molecule has 1 unspecified atom stereocenters. The van der Waals surface area contributed by atoms with Gasteiger partial charge in [0, 0.05) is 17.0 Å². The van der Waals surface area contributed by atoms with Crippen LogP contribution in [0.2, 0.25) is 5.02 Å². The van der Waals surface area contributed by atoms with Crippen molar-refractivity contribution in [1.82, 2.24) is 4.72 Å². The van der Waals surface area contributed by atoms with Crippen LogP contribution in [0.1, 0.15) is 43.4 Å². The molecule has 4 rings (SSSR count). The summed E-state index contributed by atoms with van der Waals surface area (Å²) in [6, 6.07) is 8.20. The van der Waals surface area contributed by atoms with Gasteiger partial charge in [-0.15, -0.1) is 0 Å². The zero-order valence-corrected chi connectivity index (χ0v) is 20.8. The van der Waals surface area contributed by atoms with Crippen LogP contribution in [0, 0.1) is 12.8 Å². The maximum absolute atomic E-state index is 13.0. The molecule has 2 aromatic carbocycles. The average molecular weight is 504 g/mol. The highest BCUT2D eigenvalue weighted by atomic mass is 35.5. The Morgan fingerprint density at radius 1 is 1.09 bits per heavy atom. The van der Waals surface area contributed by atoms with Crippen LogP contribution in [0.5, 0.6) is 5.75 Å². The highest BCUT2D eigenvalue weighted by Gasteiger charge is 2.31. The standard InChI is InChI=1S/C25H26ClNO6S/c1-14(2)23(27-34(30,31)16-10-8-15(3)9-11-16)25(29)33-22-13-21-19(12-20(22)26)17-6-4-5-7-18(17)24(28)32-21/h8-14,23,27H,4-7H2,1-3H3. The van der Waals surface area contributed by atoms with Crippen molar-refractivity contribution in [2.45, 2.75) is 57.4 Å². The van der Waals surface area contributed by atoms with E-state index in [1.807, 2.05) is 6.92 Å². The predicted molar refractivity (Wildman–Crippen MR) is 130 cm³/mol. The molecule has 0 aliphatic heterocycles. The fourth-order valence-corrected chi connectivity index (χ4v) is 5.64. The first-order valence-corrected chi connectivity index (χ1v) is 13.0. The normalized spacial score (nSPS) is 14.7. The Hall–Kier alpha value is -2.68. The Bertz CT molecular complexity index is 1410. The van der Waals surface area contributed by atoms with Crippen LogP contribution in [0.15, 0.2) is 50.5 Å². The number of fused-ring (bicyclic) bond motifs is 3. The van der Waals surface area contributed by atoms with E-state index in [0.717, 1.165) is 35.8 Å². The van der Waals surface area contributed by atoms with Gasteiger partial charge < -0.3 is 9.15 Å². The third-order valence-corrected chi connectivity index (χ3v) is 7.77. The van der Waals surface area contributed by atoms with Gasteiger partial charge in [0.1, 0.15) is 11.6 Å². The Morgan fingerprint density at radius 3 is 2.38 bits per heavy atom. The molecule has 1 N–H and O–H groups in total. The van der Waals surface area contributed by atoms with Crippen molar-refractivity contribution in [3.05, 3.63) is 68.5 Å². The number of halogens is 1. The molecule has 0 spiro atoms. The smallest absolute Gasteiger partial charge is 0.339 e. The second-order valence-electron chi connectivity index (χ2n) is 8.91. The number of sulfonamides is 1. The van der Waals surface area contributed by atoms with Crippen molar-refractivity contribution in [3.8, 4) is 5.75 Å². The first-order valence-electron chi connectivity index (χ1n) is 11.2. The third-order valence-electron chi connectivity index (χ3n) is 6.02. The lowest BCUT2D eigenvalue weighted by Gasteiger charge is -2.21. The Balaban J connectivity index is 1.63. The van der Waals surface area contributed by atoms with Gasteiger partial charge in [0.15, 0.2) is 5.75 Å². The Labute approximate surface area is 203 Å². The number of ether oxygens (including phenoxy) is 1. The lowest BCUT2D eigenvalue weighted by Crippen LogP contribution is -2.46. The molecule has 9 heteroatoms. The third kappa shape index (κ3) is 4.89. The fraction of sp³-hybridized carbons (Fsp3) is 0.360. The Kier molecular flexibility index (Phi) is 6.85. The number of aryl methyl sites for hydroxylation is 2. The molecule has 0 amide bonds. The molecular formula is C25H26ClNO6S. The maximum Gasteiger partial charge on any atom is 0.339 e. The second-order valence-corrected chi connectivity index (χ2v) is 11.0. The van der Waals surface area contributed by atoms with Crippen LogP contribution in [-0.4, -0.2) is 20.4 Å². The minimum atomic E-state index is -3.96. The quantitative estimate of drug-likeness (QED) is 0.301. The molecule has 1 aromatic heterocycles. The van der Waals surface area contributed by atoms with E-state index in [0.29, 0.717) is 12.0 Å². The number of carbonyl (C=O) groups excluding carboxylic acids is 1. The summed E-state index contributed by atoms with van der Waals surface area (Å²) in [6.07, 6.45) is 3.32. The fourth-order valence-electron chi connectivity index (χ4n) is 4.10. The summed E-state index contributed by atoms with van der Waals surface area (Å²) < 4.78 is 39.1. The number of carbonyl (C=O) groups is 1. The lowest BCUT2D eigenvalue weighted by molar-refractivity contribution is -0.137. The summed E-state index contributed by atoms with van der Waals surface area (Å²) in [5.41, 5.74) is 2.39. The highest BCUT2D eigenvalue weighted by molar-refractivity contribution is 7.89. The van der Waals surface area contributed by atoms with E-state index in [1.54, 1.807) is 32.0 Å². The summed E-state index contributed by atoms with van der Waals surface area (Å²) in [4.78, 5) is 25.5. The number of hydrogen-bond donors (Lipinski definition) is 1. The topological polar surface area (TPSA) is 103 Å².